The van der Waals surface area contributed by atoms with Gasteiger partial charge in [-0.05, 0) is 23.3 Å². The molecule has 3 aromatic carbocycles. The van der Waals surface area contributed by atoms with Gasteiger partial charge in [-0.2, -0.15) is 5.10 Å². The van der Waals surface area contributed by atoms with Crippen LogP contribution in [0.15, 0.2) is 66.7 Å². The summed E-state index contributed by atoms with van der Waals surface area (Å²) in [5, 5.41) is 19.2. The molecular formula is C23H20ClN3O2. The molecule has 146 valence electrons. The average Bonchev–Trinajstić information content (AvgIpc) is 3.10. The number of phenols is 1. The van der Waals surface area contributed by atoms with Crippen LogP contribution in [0.3, 0.4) is 0 Å². The number of benzene rings is 3. The third-order valence-corrected chi connectivity index (χ3v) is 5.28. The second-order valence-corrected chi connectivity index (χ2v) is 7.41. The van der Waals surface area contributed by atoms with E-state index in [4.69, 9.17) is 11.6 Å². The number of carbonyl (C=O) groups excluding carboxylic acids is 1. The smallest absolute Gasteiger partial charge is 0.257 e. The topological polar surface area (TPSA) is 69.2 Å². The zero-order valence-corrected chi connectivity index (χ0v) is 16.6. The van der Waals surface area contributed by atoms with Gasteiger partial charge in [0.25, 0.3) is 5.91 Å². The first-order valence-electron chi connectivity index (χ1n) is 9.25. The van der Waals surface area contributed by atoms with E-state index in [0.717, 1.165) is 22.2 Å². The van der Waals surface area contributed by atoms with Crippen molar-refractivity contribution in [3.8, 4) is 5.75 Å². The zero-order chi connectivity index (χ0) is 20.4. The summed E-state index contributed by atoms with van der Waals surface area (Å²) < 4.78 is 0. The van der Waals surface area contributed by atoms with Crippen molar-refractivity contribution in [3.63, 3.8) is 0 Å². The minimum Gasteiger partial charge on any atom is -0.507 e. The molecule has 1 heterocycles. The highest BCUT2D eigenvalue weighted by Crippen LogP contribution is 2.29. The van der Waals surface area contributed by atoms with Gasteiger partial charge in [-0.1, -0.05) is 60.1 Å². The quantitative estimate of drug-likeness (QED) is 0.501. The lowest BCUT2D eigenvalue weighted by molar-refractivity contribution is 0.0782. The fourth-order valence-electron chi connectivity index (χ4n) is 3.37. The van der Waals surface area contributed by atoms with E-state index in [9.17, 15) is 9.90 Å². The van der Waals surface area contributed by atoms with E-state index in [2.05, 4.69) is 10.2 Å². The molecule has 4 aromatic rings. The molecule has 0 aliphatic rings. The van der Waals surface area contributed by atoms with Gasteiger partial charge in [0.2, 0.25) is 0 Å². The average molecular weight is 406 g/mol. The fraction of sp³-hybridized carbons (Fsp3) is 0.130. The summed E-state index contributed by atoms with van der Waals surface area (Å²) >= 11 is 6.28. The van der Waals surface area contributed by atoms with Crippen LogP contribution in [0.5, 0.6) is 5.75 Å². The SMILES string of the molecule is CN(Cc1ccccc1)C(=O)c1cc2c(Cc3ccccc3Cl)n[nH]c2cc1O. The Bertz CT molecular complexity index is 1170. The number of amides is 1. The molecule has 1 aromatic heterocycles. The normalized spacial score (nSPS) is 11.0. The molecule has 0 aliphatic carbocycles. The molecule has 0 bridgehead atoms. The number of hydrogen-bond donors (Lipinski definition) is 2. The highest BCUT2D eigenvalue weighted by Gasteiger charge is 2.19. The molecule has 0 aliphatic heterocycles. The Morgan fingerprint density at radius 2 is 1.83 bits per heavy atom. The first-order valence-corrected chi connectivity index (χ1v) is 9.63. The number of phenolic OH excluding ortho intramolecular Hbond substituents is 1. The highest BCUT2D eigenvalue weighted by atomic mass is 35.5. The van der Waals surface area contributed by atoms with Gasteiger partial charge in [-0.25, -0.2) is 0 Å². The van der Waals surface area contributed by atoms with E-state index in [1.54, 1.807) is 24.1 Å². The highest BCUT2D eigenvalue weighted by molar-refractivity contribution is 6.31. The molecule has 1 amide bonds. The number of aromatic amines is 1. The van der Waals surface area contributed by atoms with Crippen LogP contribution in [0.25, 0.3) is 10.9 Å². The zero-order valence-electron chi connectivity index (χ0n) is 15.9. The number of aromatic hydroxyl groups is 1. The maximum atomic E-state index is 13.0. The molecule has 0 radical (unpaired) electrons. The molecule has 6 heteroatoms. The summed E-state index contributed by atoms with van der Waals surface area (Å²) in [6.07, 6.45) is 0.526. The first kappa shape index (κ1) is 19.0. The second kappa shape index (κ2) is 7.97. The van der Waals surface area contributed by atoms with Gasteiger partial charge < -0.3 is 10.0 Å². The van der Waals surface area contributed by atoms with Crippen molar-refractivity contribution in [1.29, 1.82) is 0 Å². The van der Waals surface area contributed by atoms with Crippen molar-refractivity contribution in [1.82, 2.24) is 15.1 Å². The number of nitrogens with one attached hydrogen (secondary N) is 1. The number of carbonyl (C=O) groups is 1. The third kappa shape index (κ3) is 3.96. The van der Waals surface area contributed by atoms with E-state index in [1.807, 2.05) is 54.6 Å². The number of nitrogens with zero attached hydrogens (tertiary/aromatic N) is 2. The van der Waals surface area contributed by atoms with Gasteiger partial charge in [-0.3, -0.25) is 9.89 Å². The molecule has 0 spiro atoms. The minimum absolute atomic E-state index is 0.0737. The van der Waals surface area contributed by atoms with Crippen molar-refractivity contribution in [2.45, 2.75) is 13.0 Å². The Kier molecular flexibility index (Phi) is 5.23. The van der Waals surface area contributed by atoms with Crippen LogP contribution < -0.4 is 0 Å². The monoisotopic (exact) mass is 405 g/mol. The van der Waals surface area contributed by atoms with Gasteiger partial charge in [-0.15, -0.1) is 0 Å². The summed E-state index contributed by atoms with van der Waals surface area (Å²) in [7, 11) is 1.72. The molecule has 0 unspecified atom stereocenters. The number of H-pyrrole nitrogens is 1. The predicted octanol–water partition coefficient (Wildman–Crippen LogP) is 4.78. The molecule has 29 heavy (non-hydrogen) atoms. The van der Waals surface area contributed by atoms with Crippen molar-refractivity contribution in [2.24, 2.45) is 0 Å². The summed E-state index contributed by atoms with van der Waals surface area (Å²) in [5.74, 6) is -0.325. The molecule has 0 saturated carbocycles. The van der Waals surface area contributed by atoms with Crippen molar-refractivity contribution in [2.75, 3.05) is 7.05 Å². The van der Waals surface area contributed by atoms with Crippen LogP contribution in [-0.2, 0) is 13.0 Å². The number of fused-ring (bicyclic) bond motifs is 1. The Hall–Kier alpha value is -3.31. The molecule has 4 rings (SSSR count). The Morgan fingerprint density at radius 3 is 2.59 bits per heavy atom. The second-order valence-electron chi connectivity index (χ2n) is 7.00. The molecule has 5 nitrogen and oxygen atoms in total. The third-order valence-electron chi connectivity index (χ3n) is 4.91. The summed E-state index contributed by atoms with van der Waals surface area (Å²) in [4.78, 5) is 14.6. The van der Waals surface area contributed by atoms with Crippen LogP contribution >= 0.6 is 11.6 Å². The lowest BCUT2D eigenvalue weighted by Crippen LogP contribution is -2.26. The standard InChI is InChI=1S/C23H20ClN3O2/c1-27(14-15-7-3-2-4-8-15)23(29)18-12-17-20(25-26-21(17)13-22(18)28)11-16-9-5-6-10-19(16)24/h2-10,12-13,28H,11,14H2,1H3,(H,25,26). The molecular weight excluding hydrogens is 386 g/mol. The van der Waals surface area contributed by atoms with Crippen LogP contribution in [0.4, 0.5) is 0 Å². The molecule has 2 N–H and O–H groups in total. The Balaban J connectivity index is 1.65. The van der Waals surface area contributed by atoms with Crippen LogP contribution in [0.1, 0.15) is 27.2 Å². The van der Waals surface area contributed by atoms with Gasteiger partial charge in [0.15, 0.2) is 0 Å². The van der Waals surface area contributed by atoms with E-state index in [1.165, 1.54) is 0 Å². The Morgan fingerprint density at radius 1 is 1.10 bits per heavy atom. The summed E-state index contributed by atoms with van der Waals surface area (Å²) in [6, 6.07) is 20.6. The number of aromatic nitrogens is 2. The maximum absolute atomic E-state index is 13.0. The summed E-state index contributed by atoms with van der Waals surface area (Å²) in [5.41, 5.74) is 3.66. The number of hydrogen-bond acceptors (Lipinski definition) is 3. The lowest BCUT2D eigenvalue weighted by atomic mass is 10.0. The van der Waals surface area contributed by atoms with Crippen molar-refractivity contribution < 1.29 is 9.90 Å². The molecule has 0 atom stereocenters. The number of halogens is 1. The number of rotatable bonds is 5. The Labute approximate surface area is 173 Å². The lowest BCUT2D eigenvalue weighted by Gasteiger charge is -2.18. The maximum Gasteiger partial charge on any atom is 0.257 e. The largest absolute Gasteiger partial charge is 0.507 e. The predicted molar refractivity (Wildman–Crippen MR) is 114 cm³/mol. The van der Waals surface area contributed by atoms with Gasteiger partial charge in [0, 0.05) is 36.5 Å². The van der Waals surface area contributed by atoms with E-state index in [-0.39, 0.29) is 17.2 Å². The molecule has 0 fully saturated rings. The minimum atomic E-state index is -0.252. The summed E-state index contributed by atoms with van der Waals surface area (Å²) in [6.45, 7) is 0.453. The fourth-order valence-corrected chi connectivity index (χ4v) is 3.57. The van der Waals surface area contributed by atoms with Gasteiger partial charge in [0.05, 0.1) is 16.8 Å². The van der Waals surface area contributed by atoms with Gasteiger partial charge in [0.1, 0.15) is 5.75 Å². The van der Waals surface area contributed by atoms with E-state index < -0.39 is 0 Å². The van der Waals surface area contributed by atoms with Crippen LogP contribution in [0, 0.1) is 0 Å². The van der Waals surface area contributed by atoms with Crippen LogP contribution in [0.2, 0.25) is 5.02 Å². The van der Waals surface area contributed by atoms with Crippen LogP contribution in [-0.4, -0.2) is 33.2 Å². The van der Waals surface area contributed by atoms with E-state index in [0.29, 0.717) is 23.5 Å². The first-order chi connectivity index (χ1) is 14.0. The van der Waals surface area contributed by atoms with Crippen molar-refractivity contribution in [3.05, 3.63) is 94.1 Å². The van der Waals surface area contributed by atoms with Gasteiger partial charge >= 0.3 is 0 Å². The van der Waals surface area contributed by atoms with E-state index >= 15 is 0 Å². The molecule has 0 saturated heterocycles. The van der Waals surface area contributed by atoms with Crippen molar-refractivity contribution >= 4 is 28.4 Å².